The minimum absolute atomic E-state index is 0.0675. The number of nitrogens with zero attached hydrogens (tertiary/aromatic N) is 1. The van der Waals surface area contributed by atoms with Gasteiger partial charge in [0.05, 0.1) is 6.21 Å². The number of anilines is 1. The number of benzene rings is 1. The molecule has 6 heteroatoms. The number of hydrogen-bond donors (Lipinski definition) is 2. The van der Waals surface area contributed by atoms with Gasteiger partial charge in [0.2, 0.25) is 5.91 Å². The van der Waals surface area contributed by atoms with Gasteiger partial charge in [-0.25, -0.2) is 5.43 Å². The Labute approximate surface area is 142 Å². The molecule has 0 saturated heterocycles. The lowest BCUT2D eigenvalue weighted by Gasteiger charge is -2.05. The first kappa shape index (κ1) is 16.7. The van der Waals surface area contributed by atoms with Crippen molar-refractivity contribution in [2.24, 2.45) is 5.10 Å². The van der Waals surface area contributed by atoms with Crippen LogP contribution in [-0.4, -0.2) is 18.7 Å². The molecule has 4 nitrogen and oxygen atoms in total. The first-order valence-corrected chi connectivity index (χ1v) is 8.62. The van der Waals surface area contributed by atoms with Gasteiger partial charge >= 0.3 is 0 Å². The molecule has 22 heavy (non-hydrogen) atoms. The van der Waals surface area contributed by atoms with E-state index in [1.807, 2.05) is 43.3 Å². The summed E-state index contributed by atoms with van der Waals surface area (Å²) < 4.78 is 1.05. The highest BCUT2D eigenvalue weighted by atomic mass is 79.9. The fourth-order valence-corrected chi connectivity index (χ4v) is 2.81. The van der Waals surface area contributed by atoms with E-state index in [1.54, 1.807) is 17.6 Å². The second-order valence-electron chi connectivity index (χ2n) is 4.78. The summed E-state index contributed by atoms with van der Waals surface area (Å²) in [5, 5.41) is 7.24. The molecule has 1 heterocycles. The van der Waals surface area contributed by atoms with Crippen LogP contribution in [0.3, 0.4) is 0 Å². The Kier molecular flexibility index (Phi) is 6.61. The third kappa shape index (κ3) is 5.99. The normalized spacial score (nSPS) is 10.8. The van der Waals surface area contributed by atoms with Gasteiger partial charge in [0.1, 0.15) is 0 Å². The molecule has 2 N–H and O–H groups in total. The molecule has 2 aromatic rings. The van der Waals surface area contributed by atoms with Crippen molar-refractivity contribution in [2.45, 2.75) is 19.8 Å². The zero-order valence-electron chi connectivity index (χ0n) is 12.3. The Bertz CT molecular complexity index is 637. The van der Waals surface area contributed by atoms with Crippen molar-refractivity contribution < 1.29 is 4.79 Å². The average molecular weight is 380 g/mol. The molecule has 0 fully saturated rings. The molecule has 0 unspecified atom stereocenters. The molecule has 0 aliphatic rings. The summed E-state index contributed by atoms with van der Waals surface area (Å²) in [6, 6.07) is 12.0. The summed E-state index contributed by atoms with van der Waals surface area (Å²) in [4.78, 5) is 13.9. The fraction of sp³-hybridized carbons (Fsp3) is 0.250. The number of rotatable bonds is 7. The van der Waals surface area contributed by atoms with Gasteiger partial charge in [-0.2, -0.15) is 5.10 Å². The molecule has 0 aliphatic heterocycles. The zero-order chi connectivity index (χ0) is 15.8. The predicted octanol–water partition coefficient (Wildman–Crippen LogP) is 4.16. The van der Waals surface area contributed by atoms with Gasteiger partial charge in [0, 0.05) is 32.9 Å². The van der Waals surface area contributed by atoms with E-state index in [1.165, 1.54) is 4.88 Å². The van der Waals surface area contributed by atoms with E-state index in [-0.39, 0.29) is 5.91 Å². The Balaban J connectivity index is 1.61. The summed E-state index contributed by atoms with van der Waals surface area (Å²) in [7, 11) is 0. The number of aryl methyl sites for hydroxylation is 1. The van der Waals surface area contributed by atoms with Crippen LogP contribution in [0.15, 0.2) is 46.0 Å². The Hall–Kier alpha value is -1.66. The van der Waals surface area contributed by atoms with Crippen LogP contribution in [0.5, 0.6) is 0 Å². The van der Waals surface area contributed by atoms with Crippen molar-refractivity contribution >= 4 is 45.1 Å². The van der Waals surface area contributed by atoms with Crippen LogP contribution in [0.2, 0.25) is 0 Å². The lowest BCUT2D eigenvalue weighted by atomic mass is 10.2. The second kappa shape index (κ2) is 8.70. The van der Waals surface area contributed by atoms with Crippen molar-refractivity contribution in [3.63, 3.8) is 0 Å². The monoisotopic (exact) mass is 379 g/mol. The molecular weight excluding hydrogens is 362 g/mol. The lowest BCUT2D eigenvalue weighted by molar-refractivity contribution is -0.121. The molecule has 0 bridgehead atoms. The Morgan fingerprint density at radius 2 is 2.05 bits per heavy atom. The Morgan fingerprint density at radius 3 is 2.73 bits per heavy atom. The summed E-state index contributed by atoms with van der Waals surface area (Å²) in [5.74, 6) is -0.0675. The van der Waals surface area contributed by atoms with Crippen molar-refractivity contribution in [3.05, 3.63) is 50.6 Å². The van der Waals surface area contributed by atoms with Crippen molar-refractivity contribution in [3.8, 4) is 0 Å². The first-order chi connectivity index (χ1) is 10.6. The molecule has 0 aliphatic carbocycles. The van der Waals surface area contributed by atoms with Gasteiger partial charge in [-0.1, -0.05) is 15.9 Å². The highest BCUT2D eigenvalue weighted by Gasteiger charge is 1.99. The molecule has 0 spiro atoms. The van der Waals surface area contributed by atoms with Gasteiger partial charge in [-0.15, -0.1) is 11.3 Å². The van der Waals surface area contributed by atoms with E-state index in [4.69, 9.17) is 0 Å². The molecule has 116 valence electrons. The topological polar surface area (TPSA) is 53.5 Å². The third-order valence-electron chi connectivity index (χ3n) is 2.90. The van der Waals surface area contributed by atoms with Crippen LogP contribution in [0.25, 0.3) is 0 Å². The van der Waals surface area contributed by atoms with Gasteiger partial charge in [0.25, 0.3) is 0 Å². The SMILES string of the molecule is Cc1ccc(/C=N\NC(=O)CCCNc2ccc(Br)cc2)s1. The highest BCUT2D eigenvalue weighted by molar-refractivity contribution is 9.10. The van der Waals surface area contributed by atoms with E-state index in [2.05, 4.69) is 31.8 Å². The van der Waals surface area contributed by atoms with Crippen LogP contribution in [-0.2, 0) is 4.79 Å². The zero-order valence-corrected chi connectivity index (χ0v) is 14.7. The minimum atomic E-state index is -0.0675. The maximum atomic E-state index is 11.6. The summed E-state index contributed by atoms with van der Waals surface area (Å²) in [6.45, 7) is 2.79. The second-order valence-corrected chi connectivity index (χ2v) is 7.01. The first-order valence-electron chi connectivity index (χ1n) is 7.01. The average Bonchev–Trinajstić information content (AvgIpc) is 2.91. The number of nitrogens with one attached hydrogen (secondary N) is 2. The molecule has 0 saturated carbocycles. The number of hydrogen-bond acceptors (Lipinski definition) is 4. The van der Waals surface area contributed by atoms with Gasteiger partial charge in [-0.05, 0) is 49.7 Å². The Morgan fingerprint density at radius 1 is 1.27 bits per heavy atom. The molecule has 0 atom stereocenters. The largest absolute Gasteiger partial charge is 0.385 e. The maximum Gasteiger partial charge on any atom is 0.240 e. The number of carbonyl (C=O) groups is 1. The number of halogens is 1. The van der Waals surface area contributed by atoms with Crippen LogP contribution in [0.1, 0.15) is 22.6 Å². The van der Waals surface area contributed by atoms with Crippen molar-refractivity contribution in [2.75, 3.05) is 11.9 Å². The molecular formula is C16H18BrN3OS. The van der Waals surface area contributed by atoms with E-state index >= 15 is 0 Å². The standard InChI is InChI=1S/C16H18BrN3OS/c1-12-4-9-15(22-12)11-19-20-16(21)3-2-10-18-14-7-5-13(17)6-8-14/h4-9,11,18H,2-3,10H2,1H3,(H,20,21)/b19-11-. The molecule has 0 radical (unpaired) electrons. The number of thiophene rings is 1. The number of amides is 1. The van der Waals surface area contributed by atoms with Gasteiger partial charge in [-0.3, -0.25) is 4.79 Å². The molecule has 1 aromatic heterocycles. The molecule has 1 amide bonds. The highest BCUT2D eigenvalue weighted by Crippen LogP contribution is 2.14. The van der Waals surface area contributed by atoms with Crippen LogP contribution in [0, 0.1) is 6.92 Å². The van der Waals surface area contributed by atoms with Gasteiger partial charge < -0.3 is 5.32 Å². The van der Waals surface area contributed by atoms with Gasteiger partial charge in [0.15, 0.2) is 0 Å². The van der Waals surface area contributed by atoms with Crippen LogP contribution < -0.4 is 10.7 Å². The van der Waals surface area contributed by atoms with Crippen molar-refractivity contribution in [1.29, 1.82) is 0 Å². The van der Waals surface area contributed by atoms with E-state index in [9.17, 15) is 4.79 Å². The molecule has 2 rings (SSSR count). The fourth-order valence-electron chi connectivity index (χ4n) is 1.80. The summed E-state index contributed by atoms with van der Waals surface area (Å²) in [5.41, 5.74) is 3.60. The summed E-state index contributed by atoms with van der Waals surface area (Å²) in [6.07, 6.45) is 2.88. The number of carbonyl (C=O) groups excluding carboxylic acids is 1. The predicted molar refractivity (Wildman–Crippen MR) is 96.7 cm³/mol. The number of hydrazone groups is 1. The maximum absolute atomic E-state index is 11.6. The van der Waals surface area contributed by atoms with Crippen molar-refractivity contribution in [1.82, 2.24) is 5.43 Å². The van der Waals surface area contributed by atoms with Crippen LogP contribution >= 0.6 is 27.3 Å². The van der Waals surface area contributed by atoms with E-state index < -0.39 is 0 Å². The summed E-state index contributed by atoms with van der Waals surface area (Å²) >= 11 is 5.04. The van der Waals surface area contributed by atoms with E-state index in [0.29, 0.717) is 6.42 Å². The quantitative estimate of drug-likeness (QED) is 0.431. The molecule has 1 aromatic carbocycles. The lowest BCUT2D eigenvalue weighted by Crippen LogP contribution is -2.18. The smallest absolute Gasteiger partial charge is 0.240 e. The minimum Gasteiger partial charge on any atom is -0.385 e. The third-order valence-corrected chi connectivity index (χ3v) is 4.36. The van der Waals surface area contributed by atoms with Crippen LogP contribution in [0.4, 0.5) is 5.69 Å². The van der Waals surface area contributed by atoms with E-state index in [0.717, 1.165) is 28.0 Å².